The zero-order valence-electron chi connectivity index (χ0n) is 16.8. The average molecular weight is 411 g/mol. The summed E-state index contributed by atoms with van der Waals surface area (Å²) in [5.74, 6) is -0.749. The fraction of sp³-hybridized carbons (Fsp3) is 0.250. The van der Waals surface area contributed by atoms with E-state index in [1.807, 2.05) is 0 Å². The largest absolute Gasteiger partial charge is 0.491 e. The molecule has 30 heavy (non-hydrogen) atoms. The van der Waals surface area contributed by atoms with Crippen LogP contribution in [0.2, 0.25) is 0 Å². The van der Waals surface area contributed by atoms with Gasteiger partial charge in [0.05, 0.1) is 25.0 Å². The highest BCUT2D eigenvalue weighted by Gasteiger charge is 2.18. The molecule has 0 unspecified atom stereocenters. The monoisotopic (exact) mass is 411 g/mol. The van der Waals surface area contributed by atoms with Crippen LogP contribution in [0, 0.1) is 11.3 Å². The predicted octanol–water partition coefficient (Wildman–Crippen LogP) is 3.10. The molecule has 2 heterocycles. The van der Waals surface area contributed by atoms with Gasteiger partial charge >= 0.3 is 0 Å². The predicted molar refractivity (Wildman–Crippen MR) is 110 cm³/mol. The summed E-state index contributed by atoms with van der Waals surface area (Å²) in [5.41, 5.74) is 14.1. The summed E-state index contributed by atoms with van der Waals surface area (Å²) < 4.78 is 19.1. The van der Waals surface area contributed by atoms with Crippen LogP contribution in [0.25, 0.3) is 16.6 Å². The van der Waals surface area contributed by atoms with Crippen molar-refractivity contribution < 1.29 is 14.2 Å². The SMILES string of the molecule is COc1c(F)ccc2c(/C(=C/NCc3cccc(C(C)(C)O)n3)N=N)nc(N)nc12. The minimum atomic E-state index is -1.06. The fourth-order valence-electron chi connectivity index (χ4n) is 2.88. The number of aromatic nitrogens is 3. The Balaban J connectivity index is 1.94. The van der Waals surface area contributed by atoms with Gasteiger partial charge in [0.15, 0.2) is 11.6 Å². The van der Waals surface area contributed by atoms with Gasteiger partial charge in [0.25, 0.3) is 0 Å². The second-order valence-corrected chi connectivity index (χ2v) is 7.00. The lowest BCUT2D eigenvalue weighted by molar-refractivity contribution is 0.0736. The second kappa shape index (κ2) is 8.37. The third-order valence-electron chi connectivity index (χ3n) is 4.31. The summed E-state index contributed by atoms with van der Waals surface area (Å²) in [4.78, 5) is 12.6. The van der Waals surface area contributed by atoms with E-state index in [0.29, 0.717) is 23.3 Å². The smallest absolute Gasteiger partial charge is 0.221 e. The minimum absolute atomic E-state index is 0.0622. The molecule has 5 N–H and O–H groups in total. The van der Waals surface area contributed by atoms with Gasteiger partial charge in [0.1, 0.15) is 22.5 Å². The number of hydrogen-bond donors (Lipinski definition) is 4. The Bertz CT molecular complexity index is 1130. The van der Waals surface area contributed by atoms with Crippen molar-refractivity contribution in [3.63, 3.8) is 0 Å². The molecule has 0 atom stereocenters. The van der Waals surface area contributed by atoms with Crippen LogP contribution in [-0.4, -0.2) is 27.2 Å². The van der Waals surface area contributed by atoms with E-state index in [2.05, 4.69) is 25.4 Å². The molecule has 9 nitrogen and oxygen atoms in total. The van der Waals surface area contributed by atoms with Crippen molar-refractivity contribution in [3.05, 3.63) is 59.4 Å². The van der Waals surface area contributed by atoms with E-state index in [1.165, 1.54) is 25.4 Å². The molecule has 0 saturated heterocycles. The van der Waals surface area contributed by atoms with E-state index in [4.69, 9.17) is 16.0 Å². The van der Waals surface area contributed by atoms with Crippen LogP contribution in [-0.2, 0) is 12.1 Å². The number of aliphatic hydroxyl groups is 1. The highest BCUT2D eigenvalue weighted by Crippen LogP contribution is 2.32. The zero-order valence-corrected chi connectivity index (χ0v) is 16.8. The van der Waals surface area contributed by atoms with Crippen LogP contribution >= 0.6 is 0 Å². The van der Waals surface area contributed by atoms with E-state index in [0.717, 1.165) is 0 Å². The topological polar surface area (TPSA) is 142 Å². The maximum atomic E-state index is 14.0. The summed E-state index contributed by atoms with van der Waals surface area (Å²) >= 11 is 0. The molecular formula is C20H22FN7O2. The summed E-state index contributed by atoms with van der Waals surface area (Å²) in [6, 6.07) is 8.06. The lowest BCUT2D eigenvalue weighted by Crippen LogP contribution is -2.19. The highest BCUT2D eigenvalue weighted by molar-refractivity contribution is 5.93. The summed E-state index contributed by atoms with van der Waals surface area (Å²) in [6.07, 6.45) is 1.49. The third-order valence-corrected chi connectivity index (χ3v) is 4.31. The van der Waals surface area contributed by atoms with Crippen LogP contribution in [0.1, 0.15) is 30.9 Å². The van der Waals surface area contributed by atoms with E-state index < -0.39 is 11.4 Å². The number of fused-ring (bicyclic) bond motifs is 1. The number of halogens is 1. The van der Waals surface area contributed by atoms with Gasteiger partial charge in [-0.25, -0.2) is 19.9 Å². The van der Waals surface area contributed by atoms with Crippen molar-refractivity contribution in [1.29, 1.82) is 5.53 Å². The Labute approximate surface area is 172 Å². The lowest BCUT2D eigenvalue weighted by atomic mass is 10.0. The number of anilines is 1. The van der Waals surface area contributed by atoms with Gasteiger partial charge in [-0.05, 0) is 38.1 Å². The number of pyridine rings is 1. The molecule has 0 amide bonds. The number of hydrogen-bond acceptors (Lipinski definition) is 9. The summed E-state index contributed by atoms with van der Waals surface area (Å²) in [7, 11) is 1.33. The highest BCUT2D eigenvalue weighted by atomic mass is 19.1. The van der Waals surface area contributed by atoms with E-state index >= 15 is 0 Å². The number of methoxy groups -OCH3 is 1. The molecule has 0 fully saturated rings. The number of benzene rings is 1. The maximum absolute atomic E-state index is 14.0. The average Bonchev–Trinajstić information content (AvgIpc) is 2.70. The molecule has 1 aromatic carbocycles. The molecule has 0 spiro atoms. The van der Waals surface area contributed by atoms with Crippen molar-refractivity contribution in [2.45, 2.75) is 26.0 Å². The van der Waals surface area contributed by atoms with Gasteiger partial charge in [-0.2, -0.15) is 5.11 Å². The molecule has 0 saturated carbocycles. The molecule has 3 aromatic rings. The van der Waals surface area contributed by atoms with Crippen LogP contribution in [0.4, 0.5) is 10.3 Å². The molecule has 2 aromatic heterocycles. The fourth-order valence-corrected chi connectivity index (χ4v) is 2.88. The first-order valence-electron chi connectivity index (χ1n) is 9.04. The maximum Gasteiger partial charge on any atom is 0.221 e. The Hall–Kier alpha value is -3.66. The Morgan fingerprint density at radius 3 is 2.73 bits per heavy atom. The second-order valence-electron chi connectivity index (χ2n) is 7.00. The van der Waals surface area contributed by atoms with Crippen molar-refractivity contribution in [2.24, 2.45) is 5.11 Å². The first-order valence-corrected chi connectivity index (χ1v) is 9.04. The quantitative estimate of drug-likeness (QED) is 0.438. The van der Waals surface area contributed by atoms with Crippen LogP contribution in [0.15, 0.2) is 41.6 Å². The van der Waals surface area contributed by atoms with E-state index in [9.17, 15) is 9.50 Å². The summed E-state index contributed by atoms with van der Waals surface area (Å²) in [6.45, 7) is 3.63. The number of nitrogens with one attached hydrogen (secondary N) is 2. The van der Waals surface area contributed by atoms with Crippen LogP contribution in [0.3, 0.4) is 0 Å². The van der Waals surface area contributed by atoms with E-state index in [-0.39, 0.29) is 28.6 Å². The Morgan fingerprint density at radius 2 is 2.07 bits per heavy atom. The molecule has 0 bridgehead atoms. The lowest BCUT2D eigenvalue weighted by Gasteiger charge is -2.17. The van der Waals surface area contributed by atoms with Gasteiger partial charge in [-0.3, -0.25) is 4.98 Å². The van der Waals surface area contributed by atoms with Gasteiger partial charge in [0.2, 0.25) is 5.95 Å². The molecule has 10 heteroatoms. The van der Waals surface area contributed by atoms with Crippen molar-refractivity contribution in [3.8, 4) is 5.75 Å². The standard InChI is InChI=1S/C20H22FN7O2/c1-20(2,29)15-6-4-5-11(25-15)9-24-10-14(28-23)16-12-7-8-13(21)18(30-3)17(12)27-19(22)26-16/h4-8,10,23-24,29H,9H2,1-3H3,(H2,22,26,27)/b14-10-,28-23?. The van der Waals surface area contributed by atoms with E-state index in [1.54, 1.807) is 32.0 Å². The number of nitrogen functional groups attached to an aromatic ring is 1. The van der Waals surface area contributed by atoms with Gasteiger partial charge in [-0.1, -0.05) is 6.07 Å². The molecule has 0 radical (unpaired) electrons. The molecule has 0 aliphatic carbocycles. The van der Waals surface area contributed by atoms with Crippen molar-refractivity contribution in [1.82, 2.24) is 20.3 Å². The normalized spacial score (nSPS) is 12.1. The Kier molecular flexibility index (Phi) is 5.88. The minimum Gasteiger partial charge on any atom is -0.491 e. The molecule has 0 aliphatic heterocycles. The van der Waals surface area contributed by atoms with Gasteiger partial charge < -0.3 is 20.9 Å². The zero-order chi connectivity index (χ0) is 21.9. The van der Waals surface area contributed by atoms with Crippen molar-refractivity contribution >= 4 is 22.5 Å². The molecule has 3 rings (SSSR count). The van der Waals surface area contributed by atoms with Gasteiger partial charge in [0, 0.05) is 11.6 Å². The Morgan fingerprint density at radius 1 is 1.30 bits per heavy atom. The number of ether oxygens (including phenoxy) is 1. The first-order chi connectivity index (χ1) is 14.2. The molecule has 156 valence electrons. The third kappa shape index (κ3) is 4.33. The first kappa shape index (κ1) is 21.1. The van der Waals surface area contributed by atoms with Crippen LogP contribution < -0.4 is 15.8 Å². The molecular weight excluding hydrogens is 389 g/mol. The molecule has 0 aliphatic rings. The number of nitrogens with two attached hydrogens (primary N) is 1. The number of nitrogens with zero attached hydrogens (tertiary/aromatic N) is 4. The van der Waals surface area contributed by atoms with Gasteiger partial charge in [-0.15, -0.1) is 0 Å². The number of rotatable bonds is 7. The summed E-state index contributed by atoms with van der Waals surface area (Å²) in [5, 5.41) is 17.1. The van der Waals surface area contributed by atoms with Crippen LogP contribution in [0.5, 0.6) is 5.75 Å². The van der Waals surface area contributed by atoms with Crippen molar-refractivity contribution in [2.75, 3.05) is 12.8 Å².